The molecule has 0 aliphatic heterocycles. The molecule has 0 aliphatic carbocycles. The number of nitrogens with one attached hydrogen (secondary N) is 1. The molecule has 0 radical (unpaired) electrons. The molecule has 34 heavy (non-hydrogen) atoms. The van der Waals surface area contributed by atoms with E-state index in [0.717, 1.165) is 33.9 Å². The molecule has 0 aromatic heterocycles. The van der Waals surface area contributed by atoms with Crippen LogP contribution in [0.15, 0.2) is 85.5 Å². The largest absolute Gasteiger partial charge is 0.490 e. The van der Waals surface area contributed by atoms with Gasteiger partial charge in [0.25, 0.3) is 0 Å². The van der Waals surface area contributed by atoms with Gasteiger partial charge in [0.1, 0.15) is 6.61 Å². The van der Waals surface area contributed by atoms with Crippen LogP contribution in [-0.2, 0) is 19.6 Å². The van der Waals surface area contributed by atoms with Crippen molar-refractivity contribution < 1.29 is 9.47 Å². The fourth-order valence-corrected chi connectivity index (χ4v) is 4.27. The van der Waals surface area contributed by atoms with Crippen LogP contribution in [0, 0.1) is 13.8 Å². The molecule has 0 heterocycles. The summed E-state index contributed by atoms with van der Waals surface area (Å²) < 4.78 is 12.5. The van der Waals surface area contributed by atoms with Gasteiger partial charge in [-0.3, -0.25) is 0 Å². The third-order valence-electron chi connectivity index (χ3n) is 6.20. The predicted octanol–water partition coefficient (Wildman–Crippen LogP) is 7.77. The Labute approximate surface area is 203 Å². The van der Waals surface area contributed by atoms with Crippen LogP contribution in [0.5, 0.6) is 11.5 Å². The molecule has 3 heteroatoms. The van der Waals surface area contributed by atoms with Crippen molar-refractivity contribution in [2.75, 3.05) is 11.9 Å². The summed E-state index contributed by atoms with van der Waals surface area (Å²) in [5, 5.41) is 6.01. The molecule has 0 saturated heterocycles. The minimum Gasteiger partial charge on any atom is -0.490 e. The number of aryl methyl sites for hydroxylation is 1. The molecule has 4 aromatic rings. The van der Waals surface area contributed by atoms with Crippen molar-refractivity contribution in [2.24, 2.45) is 0 Å². The number of allylic oxidation sites excluding steroid dienone is 1. The quantitative estimate of drug-likeness (QED) is 0.250. The summed E-state index contributed by atoms with van der Waals surface area (Å²) in [5.41, 5.74) is 7.10. The summed E-state index contributed by atoms with van der Waals surface area (Å²) in [5.74, 6) is 1.57. The van der Waals surface area contributed by atoms with Crippen molar-refractivity contribution in [1.29, 1.82) is 0 Å². The molecule has 0 amide bonds. The zero-order valence-corrected chi connectivity index (χ0v) is 20.4. The summed E-state index contributed by atoms with van der Waals surface area (Å²) in [7, 11) is 0. The van der Waals surface area contributed by atoms with Gasteiger partial charge in [-0.05, 0) is 78.4 Å². The van der Waals surface area contributed by atoms with E-state index < -0.39 is 0 Å². The fraction of sp³-hybridized carbons (Fsp3) is 0.226. The van der Waals surface area contributed by atoms with Crippen molar-refractivity contribution in [1.82, 2.24) is 0 Å². The van der Waals surface area contributed by atoms with Crippen LogP contribution >= 0.6 is 0 Å². The molecule has 174 valence electrons. The molecule has 1 N–H and O–H groups in total. The van der Waals surface area contributed by atoms with Crippen molar-refractivity contribution in [3.05, 3.63) is 113 Å². The molecular weight excluding hydrogens is 418 g/mol. The van der Waals surface area contributed by atoms with Crippen LogP contribution < -0.4 is 14.8 Å². The average Bonchev–Trinajstić information content (AvgIpc) is 2.85. The lowest BCUT2D eigenvalue weighted by molar-refractivity contribution is 0.267. The predicted molar refractivity (Wildman–Crippen MR) is 143 cm³/mol. The van der Waals surface area contributed by atoms with E-state index >= 15 is 0 Å². The van der Waals surface area contributed by atoms with Crippen molar-refractivity contribution in [2.45, 2.75) is 40.3 Å². The van der Waals surface area contributed by atoms with Crippen LogP contribution in [0.4, 0.5) is 5.69 Å². The van der Waals surface area contributed by atoms with Crippen molar-refractivity contribution in [3.63, 3.8) is 0 Å². The lowest BCUT2D eigenvalue weighted by Crippen LogP contribution is -2.07. The smallest absolute Gasteiger partial charge is 0.165 e. The number of hydrogen-bond acceptors (Lipinski definition) is 3. The van der Waals surface area contributed by atoms with E-state index in [4.69, 9.17) is 9.47 Å². The summed E-state index contributed by atoms with van der Waals surface area (Å²) in [6, 6.07) is 25.4. The molecule has 3 nitrogen and oxygen atoms in total. The maximum absolute atomic E-state index is 6.43. The Hall–Kier alpha value is -3.72. The first-order chi connectivity index (χ1) is 16.6. The molecule has 4 rings (SSSR count). The van der Waals surface area contributed by atoms with Crippen LogP contribution in [0.25, 0.3) is 10.8 Å². The Bertz CT molecular complexity index is 1290. The highest BCUT2D eigenvalue weighted by molar-refractivity contribution is 5.85. The van der Waals surface area contributed by atoms with Gasteiger partial charge in [0.05, 0.1) is 6.61 Å². The number of anilines is 1. The number of fused-ring (bicyclic) bond motifs is 1. The van der Waals surface area contributed by atoms with Gasteiger partial charge in [-0.15, -0.1) is 6.58 Å². The van der Waals surface area contributed by atoms with Gasteiger partial charge >= 0.3 is 0 Å². The second-order valence-corrected chi connectivity index (χ2v) is 8.54. The van der Waals surface area contributed by atoms with Gasteiger partial charge in [0, 0.05) is 17.8 Å². The Morgan fingerprint density at radius 3 is 2.50 bits per heavy atom. The highest BCUT2D eigenvalue weighted by atomic mass is 16.5. The van der Waals surface area contributed by atoms with Crippen LogP contribution in [0.3, 0.4) is 0 Å². The monoisotopic (exact) mass is 451 g/mol. The van der Waals surface area contributed by atoms with E-state index in [-0.39, 0.29) is 0 Å². The second-order valence-electron chi connectivity index (χ2n) is 8.54. The Balaban J connectivity index is 1.62. The lowest BCUT2D eigenvalue weighted by atomic mass is 10.0. The number of benzene rings is 4. The van der Waals surface area contributed by atoms with E-state index in [1.54, 1.807) is 0 Å². The van der Waals surface area contributed by atoms with E-state index in [2.05, 4.69) is 98.5 Å². The summed E-state index contributed by atoms with van der Waals surface area (Å²) in [4.78, 5) is 0. The molecule has 0 fully saturated rings. The lowest BCUT2D eigenvalue weighted by Gasteiger charge is -2.19. The molecule has 0 bridgehead atoms. The van der Waals surface area contributed by atoms with E-state index in [1.807, 2.05) is 13.0 Å². The second kappa shape index (κ2) is 10.9. The van der Waals surface area contributed by atoms with Gasteiger partial charge in [0.15, 0.2) is 11.5 Å². The van der Waals surface area contributed by atoms with Crippen LogP contribution in [0.2, 0.25) is 0 Å². The highest BCUT2D eigenvalue weighted by Crippen LogP contribution is 2.35. The minimum atomic E-state index is 0.478. The van der Waals surface area contributed by atoms with E-state index in [0.29, 0.717) is 26.2 Å². The fourth-order valence-electron chi connectivity index (χ4n) is 4.27. The molecule has 0 unspecified atom stereocenters. The van der Waals surface area contributed by atoms with Gasteiger partial charge < -0.3 is 14.8 Å². The Morgan fingerprint density at radius 2 is 1.68 bits per heavy atom. The van der Waals surface area contributed by atoms with Crippen LogP contribution in [0.1, 0.15) is 34.7 Å². The van der Waals surface area contributed by atoms with Gasteiger partial charge in [-0.2, -0.15) is 0 Å². The van der Waals surface area contributed by atoms with Gasteiger partial charge in [-0.25, -0.2) is 0 Å². The average molecular weight is 452 g/mol. The van der Waals surface area contributed by atoms with Crippen LogP contribution in [-0.4, -0.2) is 6.61 Å². The summed E-state index contributed by atoms with van der Waals surface area (Å²) >= 11 is 0. The first-order valence-electron chi connectivity index (χ1n) is 11.9. The normalized spacial score (nSPS) is 10.8. The molecule has 0 atom stereocenters. The third-order valence-corrected chi connectivity index (χ3v) is 6.20. The SMILES string of the molecule is C=CCc1cc(CNc2cccc(C)c2C)cc(OCC)c1OCc1cccc2ccccc12. The molecule has 0 spiro atoms. The first-order valence-corrected chi connectivity index (χ1v) is 11.9. The van der Waals surface area contributed by atoms with Gasteiger partial charge in [0.2, 0.25) is 0 Å². The first kappa shape index (κ1) is 23.4. The minimum absolute atomic E-state index is 0.478. The molecule has 0 aliphatic rings. The van der Waals surface area contributed by atoms with Gasteiger partial charge in [-0.1, -0.05) is 60.7 Å². The zero-order valence-electron chi connectivity index (χ0n) is 20.4. The van der Waals surface area contributed by atoms with Crippen molar-refractivity contribution in [3.8, 4) is 11.5 Å². The number of ether oxygens (including phenoxy) is 2. The maximum Gasteiger partial charge on any atom is 0.165 e. The molecule has 0 saturated carbocycles. The summed E-state index contributed by atoms with van der Waals surface area (Å²) in [6.07, 6.45) is 2.63. The Kier molecular flexibility index (Phi) is 7.54. The number of rotatable bonds is 10. The highest BCUT2D eigenvalue weighted by Gasteiger charge is 2.15. The molecular formula is C31H33NO2. The third kappa shape index (κ3) is 5.26. The Morgan fingerprint density at radius 1 is 0.882 bits per heavy atom. The topological polar surface area (TPSA) is 30.5 Å². The van der Waals surface area contributed by atoms with Crippen molar-refractivity contribution >= 4 is 16.5 Å². The van der Waals surface area contributed by atoms with E-state index in [9.17, 15) is 0 Å². The van der Waals surface area contributed by atoms with E-state index in [1.165, 1.54) is 21.9 Å². The zero-order chi connectivity index (χ0) is 23.9. The number of hydrogen-bond donors (Lipinski definition) is 1. The molecule has 4 aromatic carbocycles. The maximum atomic E-state index is 6.43. The standard InChI is InChI=1S/C31H33NO2/c1-5-11-26-18-24(20-32-29-17-9-12-22(3)23(29)4)19-30(33-6-2)31(26)34-21-27-15-10-14-25-13-7-8-16-28(25)27/h5,7-10,12-19,32H,1,6,11,20-21H2,2-4H3. The summed E-state index contributed by atoms with van der Waals surface area (Å²) in [6.45, 7) is 12.0.